The molecule has 4 aliphatic rings. The van der Waals surface area contributed by atoms with Crippen molar-refractivity contribution in [1.82, 2.24) is 4.98 Å². The van der Waals surface area contributed by atoms with Gasteiger partial charge in [-0.25, -0.2) is 0 Å². The van der Waals surface area contributed by atoms with Crippen LogP contribution in [0.4, 0.5) is 17.1 Å². The summed E-state index contributed by atoms with van der Waals surface area (Å²) in [6.45, 7) is 4.71. The van der Waals surface area contributed by atoms with E-state index in [-0.39, 0.29) is 5.41 Å². The minimum atomic E-state index is -0.0704. The molecule has 1 fully saturated rings. The molecule has 0 radical (unpaired) electrons. The minimum Gasteiger partial charge on any atom is -0.310 e. The Bertz CT molecular complexity index is 2080. The van der Waals surface area contributed by atoms with Crippen LogP contribution in [0.25, 0.3) is 33.5 Å². The molecule has 0 amide bonds. The van der Waals surface area contributed by atoms with Crippen molar-refractivity contribution in [3.63, 3.8) is 0 Å². The summed E-state index contributed by atoms with van der Waals surface area (Å²) >= 11 is 0. The first kappa shape index (κ1) is 27.4. The van der Waals surface area contributed by atoms with Gasteiger partial charge in [0.25, 0.3) is 0 Å². The van der Waals surface area contributed by atoms with Crippen molar-refractivity contribution in [2.24, 2.45) is 0 Å². The molecular formula is C44H38N2. The van der Waals surface area contributed by atoms with Crippen LogP contribution in [0.2, 0.25) is 0 Å². The highest BCUT2D eigenvalue weighted by molar-refractivity contribution is 5.86. The first-order valence-corrected chi connectivity index (χ1v) is 16.8. The third-order valence-electron chi connectivity index (χ3n) is 11.0. The first-order valence-electron chi connectivity index (χ1n) is 16.8. The maximum atomic E-state index is 5.04. The van der Waals surface area contributed by atoms with E-state index in [1.165, 1.54) is 75.9 Å². The Hall–Kier alpha value is -4.95. The van der Waals surface area contributed by atoms with Gasteiger partial charge >= 0.3 is 0 Å². The van der Waals surface area contributed by atoms with Gasteiger partial charge in [-0.2, -0.15) is 0 Å². The molecule has 1 aromatic heterocycles. The summed E-state index contributed by atoms with van der Waals surface area (Å²) in [5.74, 6) is 1.40. The van der Waals surface area contributed by atoms with Crippen LogP contribution in [0.15, 0.2) is 134 Å². The fourth-order valence-corrected chi connectivity index (χ4v) is 8.57. The second kappa shape index (κ2) is 10.6. The van der Waals surface area contributed by atoms with Crippen LogP contribution >= 0.6 is 0 Å². The largest absolute Gasteiger partial charge is 0.310 e. The SMILES string of the molecule is CC1(C)c2ccccc2-c2ccc(N(c3ccc(-c4ccccc4)cc3)c3cccc(-c4cc5c(cn4)C4CCC5CC4)c3)cc21. The normalized spacial score (nSPS) is 18.5. The van der Waals surface area contributed by atoms with Gasteiger partial charge in [0.2, 0.25) is 0 Å². The Morgan fingerprint density at radius 2 is 1.15 bits per heavy atom. The van der Waals surface area contributed by atoms with Gasteiger partial charge in [0.05, 0.1) is 5.69 Å². The summed E-state index contributed by atoms with van der Waals surface area (Å²) in [5.41, 5.74) is 16.6. The summed E-state index contributed by atoms with van der Waals surface area (Å²) < 4.78 is 0. The Labute approximate surface area is 272 Å². The lowest BCUT2D eigenvalue weighted by atomic mass is 9.67. The van der Waals surface area contributed by atoms with Crippen molar-refractivity contribution in [2.75, 3.05) is 4.90 Å². The summed E-state index contributed by atoms with van der Waals surface area (Å²) in [5, 5.41) is 0. The van der Waals surface area contributed by atoms with Gasteiger partial charge < -0.3 is 4.90 Å². The zero-order valence-corrected chi connectivity index (χ0v) is 26.6. The molecule has 10 rings (SSSR count). The first-order chi connectivity index (χ1) is 22.5. The average molecular weight is 595 g/mol. The number of nitrogens with zero attached hydrogens (tertiary/aromatic N) is 2. The van der Waals surface area contributed by atoms with E-state index in [0.29, 0.717) is 11.8 Å². The van der Waals surface area contributed by atoms with Crippen LogP contribution in [0.3, 0.4) is 0 Å². The van der Waals surface area contributed by atoms with E-state index in [1.54, 1.807) is 5.56 Å². The summed E-state index contributed by atoms with van der Waals surface area (Å²) in [6.07, 6.45) is 7.50. The molecule has 0 aliphatic heterocycles. The van der Waals surface area contributed by atoms with Crippen LogP contribution in [0.5, 0.6) is 0 Å². The van der Waals surface area contributed by atoms with E-state index in [1.807, 2.05) is 0 Å². The maximum absolute atomic E-state index is 5.04. The Balaban J connectivity index is 1.16. The van der Waals surface area contributed by atoms with Gasteiger partial charge in [-0.15, -0.1) is 0 Å². The Morgan fingerprint density at radius 1 is 0.522 bits per heavy atom. The van der Waals surface area contributed by atoms with Crippen molar-refractivity contribution in [3.8, 4) is 33.5 Å². The van der Waals surface area contributed by atoms with Crippen LogP contribution in [-0.4, -0.2) is 4.98 Å². The molecule has 2 heteroatoms. The quantitative estimate of drug-likeness (QED) is 0.197. The molecule has 0 unspecified atom stereocenters. The molecule has 2 bridgehead atoms. The molecule has 5 aromatic carbocycles. The van der Waals surface area contributed by atoms with Gasteiger partial charge in [-0.05, 0) is 124 Å². The highest BCUT2D eigenvalue weighted by Gasteiger charge is 2.36. The molecule has 1 heterocycles. The number of hydrogen-bond acceptors (Lipinski definition) is 2. The highest BCUT2D eigenvalue weighted by atomic mass is 15.1. The fraction of sp³-hybridized carbons (Fsp3) is 0.205. The molecule has 46 heavy (non-hydrogen) atoms. The maximum Gasteiger partial charge on any atom is 0.0705 e. The molecule has 2 nitrogen and oxygen atoms in total. The van der Waals surface area contributed by atoms with E-state index in [4.69, 9.17) is 4.98 Å². The number of fused-ring (bicyclic) bond motifs is 5. The average Bonchev–Trinajstić information content (AvgIpc) is 3.35. The topological polar surface area (TPSA) is 16.1 Å². The van der Waals surface area contributed by atoms with E-state index in [2.05, 4.69) is 152 Å². The van der Waals surface area contributed by atoms with Crippen LogP contribution in [-0.2, 0) is 5.41 Å². The van der Waals surface area contributed by atoms with Crippen molar-refractivity contribution < 1.29 is 0 Å². The van der Waals surface area contributed by atoms with E-state index in [9.17, 15) is 0 Å². The number of benzene rings is 5. The smallest absolute Gasteiger partial charge is 0.0705 e. The van der Waals surface area contributed by atoms with Crippen molar-refractivity contribution in [3.05, 3.63) is 156 Å². The van der Waals surface area contributed by atoms with Gasteiger partial charge in [0.1, 0.15) is 0 Å². The molecule has 0 atom stereocenters. The second-order valence-corrected chi connectivity index (χ2v) is 13.9. The second-order valence-electron chi connectivity index (χ2n) is 13.9. The van der Waals surface area contributed by atoms with E-state index < -0.39 is 0 Å². The Morgan fingerprint density at radius 3 is 1.96 bits per heavy atom. The standard InChI is InChI=1S/C44H38N2/c1-44(2)41-14-7-6-13-37(41)38-24-23-36(26-42(38)44)46(34-21-19-30(20-22-34)29-9-4-3-5-10-29)35-12-8-11-33(25-35)43-27-39-31-15-17-32(18-16-31)40(39)28-45-43/h3-14,19-28,31-32H,15-18H2,1-2H3. The van der Waals surface area contributed by atoms with Crippen molar-refractivity contribution >= 4 is 17.1 Å². The zero-order valence-electron chi connectivity index (χ0n) is 26.6. The molecule has 4 aliphatic carbocycles. The number of pyridine rings is 1. The predicted octanol–water partition coefficient (Wildman–Crippen LogP) is 11.9. The fourth-order valence-electron chi connectivity index (χ4n) is 8.57. The number of rotatable bonds is 5. The monoisotopic (exact) mass is 594 g/mol. The number of hydrogen-bond donors (Lipinski definition) is 0. The van der Waals surface area contributed by atoms with Gasteiger partial charge in [-0.1, -0.05) is 98.8 Å². The molecule has 0 N–H and O–H groups in total. The minimum absolute atomic E-state index is 0.0704. The molecule has 224 valence electrons. The van der Waals surface area contributed by atoms with Crippen LogP contribution in [0.1, 0.15) is 73.6 Å². The van der Waals surface area contributed by atoms with E-state index in [0.717, 1.165) is 17.1 Å². The molecule has 1 saturated carbocycles. The molecule has 0 spiro atoms. The van der Waals surface area contributed by atoms with Crippen molar-refractivity contribution in [1.29, 1.82) is 0 Å². The summed E-state index contributed by atoms with van der Waals surface area (Å²) in [7, 11) is 0. The summed E-state index contributed by atoms with van der Waals surface area (Å²) in [6, 6.07) is 46.9. The molecule has 0 saturated heterocycles. The van der Waals surface area contributed by atoms with Crippen LogP contribution < -0.4 is 4.90 Å². The Kier molecular flexibility index (Phi) is 6.28. The molecule has 6 aromatic rings. The van der Waals surface area contributed by atoms with Gasteiger partial charge in [-0.3, -0.25) is 4.98 Å². The van der Waals surface area contributed by atoms with Crippen molar-refractivity contribution in [2.45, 2.75) is 56.8 Å². The molecular weight excluding hydrogens is 556 g/mol. The predicted molar refractivity (Wildman–Crippen MR) is 191 cm³/mol. The third kappa shape index (κ3) is 4.35. The van der Waals surface area contributed by atoms with Gasteiger partial charge in [0.15, 0.2) is 0 Å². The number of anilines is 3. The van der Waals surface area contributed by atoms with E-state index >= 15 is 0 Å². The summed E-state index contributed by atoms with van der Waals surface area (Å²) in [4.78, 5) is 7.46. The third-order valence-corrected chi connectivity index (χ3v) is 11.0. The lowest BCUT2D eigenvalue weighted by Crippen LogP contribution is -2.21. The van der Waals surface area contributed by atoms with Crippen LogP contribution in [0, 0.1) is 0 Å². The lowest BCUT2D eigenvalue weighted by molar-refractivity contribution is 0.358. The number of aromatic nitrogens is 1. The lowest BCUT2D eigenvalue weighted by Gasteiger charge is -2.38. The highest BCUT2D eigenvalue weighted by Crippen LogP contribution is 2.52. The zero-order chi connectivity index (χ0) is 30.8. The van der Waals surface area contributed by atoms with Gasteiger partial charge in [0, 0.05) is 34.2 Å².